The van der Waals surface area contributed by atoms with Crippen molar-refractivity contribution in [3.63, 3.8) is 0 Å². The maximum absolute atomic E-state index is 6.39. The molecule has 3 heterocycles. The van der Waals surface area contributed by atoms with Crippen LogP contribution >= 0.6 is 23.5 Å². The summed E-state index contributed by atoms with van der Waals surface area (Å²) in [6, 6.07) is 53.1. The van der Waals surface area contributed by atoms with E-state index >= 15 is 0 Å². The third-order valence-corrected chi connectivity index (χ3v) is 11.9. The molecule has 6 aromatic rings. The molecule has 3 atom stereocenters. The predicted octanol–water partition coefficient (Wildman–Crippen LogP) is 9.31. The number of nitrogens with one attached hydrogen (secondary N) is 3. The molecular weight excluding hydrogens is 665 g/mol. The molecule has 0 bridgehead atoms. The summed E-state index contributed by atoms with van der Waals surface area (Å²) in [5.41, 5.74) is 15.2. The number of hydrogen-bond acceptors (Lipinski definition) is 8. The summed E-state index contributed by atoms with van der Waals surface area (Å²) in [4.78, 5) is 14.7. The average molecular weight is 699 g/mol. The zero-order chi connectivity index (χ0) is 34.1. The van der Waals surface area contributed by atoms with Gasteiger partial charge in [0.05, 0.1) is 6.04 Å². The molecule has 0 aromatic heterocycles. The lowest BCUT2D eigenvalue weighted by Gasteiger charge is -2.35. The predicted molar refractivity (Wildman–Crippen MR) is 210 cm³/mol. The molecule has 51 heavy (non-hydrogen) atoms. The number of guanidine groups is 1. The summed E-state index contributed by atoms with van der Waals surface area (Å²) in [6.07, 6.45) is 1.64. The van der Waals surface area contributed by atoms with Crippen molar-refractivity contribution in [1.29, 1.82) is 0 Å². The fourth-order valence-corrected chi connectivity index (χ4v) is 9.20. The molecule has 3 aliphatic heterocycles. The van der Waals surface area contributed by atoms with E-state index in [1.165, 1.54) is 30.7 Å². The number of amidine groups is 1. The van der Waals surface area contributed by atoms with E-state index in [0.29, 0.717) is 11.8 Å². The molecular formula is C43H34N6S2. The van der Waals surface area contributed by atoms with Gasteiger partial charge in [-0.2, -0.15) is 4.99 Å². The molecule has 248 valence electrons. The first-order valence-electron chi connectivity index (χ1n) is 17.0. The lowest BCUT2D eigenvalue weighted by atomic mass is 9.92. The van der Waals surface area contributed by atoms with Crippen LogP contribution in [0, 0.1) is 0 Å². The van der Waals surface area contributed by atoms with E-state index in [2.05, 4.69) is 148 Å². The van der Waals surface area contributed by atoms with Crippen molar-refractivity contribution in [2.45, 2.75) is 38.0 Å². The molecule has 0 spiro atoms. The molecule has 0 amide bonds. The van der Waals surface area contributed by atoms with Crippen molar-refractivity contribution < 1.29 is 0 Å². The Morgan fingerprint density at radius 1 is 0.569 bits per heavy atom. The molecule has 3 unspecified atom stereocenters. The monoisotopic (exact) mass is 698 g/mol. The highest BCUT2D eigenvalue weighted by molar-refractivity contribution is 8.05. The van der Waals surface area contributed by atoms with Crippen LogP contribution in [0.25, 0.3) is 16.8 Å². The number of nitrogens with zero attached hydrogens (tertiary/aromatic N) is 2. The largest absolute Gasteiger partial charge is 0.370 e. The van der Waals surface area contributed by atoms with Crippen LogP contribution in [0.1, 0.15) is 46.2 Å². The SMILES string of the molecule is NC1=NC(c2ccccc2)=NC(c2ccc(-c3cccc4c3Sc3ccccc3S4)c(C3NC(c4ccccc4)=CC(c4ccccc4)N3)c2)N1. The Bertz CT molecular complexity index is 2320. The van der Waals surface area contributed by atoms with Gasteiger partial charge in [-0.25, -0.2) is 4.99 Å². The Morgan fingerprint density at radius 2 is 1.24 bits per heavy atom. The second-order valence-corrected chi connectivity index (χ2v) is 14.7. The topological polar surface area (TPSA) is 86.8 Å². The van der Waals surface area contributed by atoms with Crippen molar-refractivity contribution >= 4 is 41.0 Å². The highest BCUT2D eigenvalue weighted by Gasteiger charge is 2.30. The van der Waals surface area contributed by atoms with Gasteiger partial charge in [0.25, 0.3) is 0 Å². The Labute approximate surface area is 306 Å². The summed E-state index contributed by atoms with van der Waals surface area (Å²) in [6.45, 7) is 0. The van der Waals surface area contributed by atoms with Crippen LogP contribution in [0.4, 0.5) is 0 Å². The van der Waals surface area contributed by atoms with E-state index in [-0.39, 0.29) is 12.2 Å². The van der Waals surface area contributed by atoms with Gasteiger partial charge in [0.2, 0.25) is 0 Å². The van der Waals surface area contributed by atoms with Crippen molar-refractivity contribution in [3.05, 3.63) is 186 Å². The second kappa shape index (κ2) is 13.6. The number of fused-ring (bicyclic) bond motifs is 2. The lowest BCUT2D eigenvalue weighted by Crippen LogP contribution is -2.40. The summed E-state index contributed by atoms with van der Waals surface area (Å²) < 4.78 is 0. The van der Waals surface area contributed by atoms with E-state index in [9.17, 15) is 0 Å². The fourth-order valence-electron chi connectivity index (χ4n) is 6.81. The zero-order valence-electron chi connectivity index (χ0n) is 27.5. The molecule has 3 aliphatic rings. The third-order valence-electron chi connectivity index (χ3n) is 9.27. The first kappa shape index (κ1) is 31.4. The molecule has 9 rings (SSSR count). The molecule has 0 aliphatic carbocycles. The molecule has 0 radical (unpaired) electrons. The Kier molecular flexibility index (Phi) is 8.41. The van der Waals surface area contributed by atoms with Crippen LogP contribution in [-0.2, 0) is 0 Å². The molecule has 5 N–H and O–H groups in total. The molecule has 6 nitrogen and oxygen atoms in total. The van der Waals surface area contributed by atoms with E-state index in [4.69, 9.17) is 10.7 Å². The molecule has 0 fully saturated rings. The van der Waals surface area contributed by atoms with E-state index < -0.39 is 6.17 Å². The number of nitrogens with two attached hydrogens (primary N) is 1. The summed E-state index contributed by atoms with van der Waals surface area (Å²) in [5, 5.41) is 11.2. The first-order valence-corrected chi connectivity index (χ1v) is 18.6. The average Bonchev–Trinajstić information content (AvgIpc) is 3.20. The molecule has 6 aromatic carbocycles. The van der Waals surface area contributed by atoms with Crippen molar-refractivity contribution in [3.8, 4) is 11.1 Å². The van der Waals surface area contributed by atoms with Crippen LogP contribution in [-0.4, -0.2) is 11.8 Å². The van der Waals surface area contributed by atoms with Gasteiger partial charge in [-0.15, -0.1) is 0 Å². The van der Waals surface area contributed by atoms with Gasteiger partial charge < -0.3 is 16.4 Å². The normalized spacial score (nSPS) is 19.3. The maximum atomic E-state index is 6.39. The van der Waals surface area contributed by atoms with E-state index in [0.717, 1.165) is 33.5 Å². The van der Waals surface area contributed by atoms with Crippen LogP contribution in [0.2, 0.25) is 0 Å². The molecule has 0 saturated heterocycles. The van der Waals surface area contributed by atoms with Gasteiger partial charge in [0.1, 0.15) is 12.3 Å². The smallest absolute Gasteiger partial charge is 0.197 e. The third kappa shape index (κ3) is 6.34. The van der Waals surface area contributed by atoms with Gasteiger partial charge in [-0.3, -0.25) is 5.32 Å². The Hall–Kier alpha value is -5.54. The van der Waals surface area contributed by atoms with Gasteiger partial charge in [-0.1, -0.05) is 151 Å². The Morgan fingerprint density at radius 3 is 2.00 bits per heavy atom. The minimum absolute atomic E-state index is 0.0241. The molecule has 8 heteroatoms. The summed E-state index contributed by atoms with van der Waals surface area (Å²) >= 11 is 3.68. The zero-order valence-corrected chi connectivity index (χ0v) is 29.2. The highest BCUT2D eigenvalue weighted by Crippen LogP contribution is 2.52. The number of rotatable bonds is 6. The quantitative estimate of drug-likeness (QED) is 0.139. The van der Waals surface area contributed by atoms with Crippen LogP contribution in [0.3, 0.4) is 0 Å². The summed E-state index contributed by atoms with van der Waals surface area (Å²) in [5.74, 6) is 0.954. The minimum Gasteiger partial charge on any atom is -0.370 e. The van der Waals surface area contributed by atoms with E-state index in [1.54, 1.807) is 0 Å². The van der Waals surface area contributed by atoms with Crippen molar-refractivity contribution in [2.75, 3.05) is 0 Å². The van der Waals surface area contributed by atoms with Gasteiger partial charge in [0, 0.05) is 30.8 Å². The Balaban J connectivity index is 1.19. The minimum atomic E-state index is -0.412. The number of hydrogen-bond donors (Lipinski definition) is 4. The van der Waals surface area contributed by atoms with Crippen molar-refractivity contribution in [2.24, 2.45) is 15.7 Å². The van der Waals surface area contributed by atoms with Gasteiger partial charge >= 0.3 is 0 Å². The maximum Gasteiger partial charge on any atom is 0.197 e. The first-order chi connectivity index (χ1) is 25.2. The lowest BCUT2D eigenvalue weighted by molar-refractivity contribution is 0.443. The van der Waals surface area contributed by atoms with Crippen LogP contribution in [0.15, 0.2) is 187 Å². The standard InChI is InChI=1S/C43H34N6S2/c44-43-48-40(29-17-8-3-9-18-29)47-41(49-43)30-23-24-31(32-19-12-22-38-39(32)51-37-21-11-10-20-36(37)50-38)33(25-30)42-45-34(27-13-4-1-5-14-27)26-35(46-42)28-15-6-2-7-16-28/h1-26,34,41-42,45-46H,(H3,44,47,48,49). The number of aliphatic imine (C=N–C) groups is 2. The number of benzene rings is 6. The van der Waals surface area contributed by atoms with Crippen LogP contribution < -0.4 is 21.7 Å². The van der Waals surface area contributed by atoms with Gasteiger partial charge in [-0.05, 0) is 63.7 Å². The highest BCUT2D eigenvalue weighted by atomic mass is 32.2. The van der Waals surface area contributed by atoms with E-state index in [1.807, 2.05) is 53.9 Å². The summed E-state index contributed by atoms with van der Waals surface area (Å²) in [7, 11) is 0. The molecule has 0 saturated carbocycles. The van der Waals surface area contributed by atoms with Gasteiger partial charge in [0.15, 0.2) is 11.8 Å². The second-order valence-electron chi connectivity index (χ2n) is 12.6. The van der Waals surface area contributed by atoms with Crippen molar-refractivity contribution in [1.82, 2.24) is 16.0 Å². The van der Waals surface area contributed by atoms with Crippen LogP contribution in [0.5, 0.6) is 0 Å². The fraction of sp³-hybridized carbons (Fsp3) is 0.0698.